The van der Waals surface area contributed by atoms with Crippen molar-refractivity contribution in [2.75, 3.05) is 13.2 Å². The Balaban J connectivity index is 2.40. The molecule has 0 aliphatic carbocycles. The maximum Gasteiger partial charge on any atom is 0.123 e. The van der Waals surface area contributed by atoms with Crippen molar-refractivity contribution in [2.45, 2.75) is 59.4 Å². The van der Waals surface area contributed by atoms with E-state index in [1.54, 1.807) is 6.26 Å². The first-order chi connectivity index (χ1) is 8.92. The Hall–Kier alpha value is -0.840. The molecule has 0 radical (unpaired) electrons. The molecule has 1 aromatic rings. The average Bonchev–Trinajstić information content (AvgIpc) is 2.78. The lowest BCUT2D eigenvalue weighted by molar-refractivity contribution is -0.0121. The molecule has 4 heteroatoms. The maximum atomic E-state index is 5.75. The quantitative estimate of drug-likeness (QED) is 0.787. The fraction of sp³-hybridized carbons (Fsp3) is 0.733. The van der Waals surface area contributed by atoms with Crippen LogP contribution in [0, 0.1) is 0 Å². The number of furan rings is 1. The van der Waals surface area contributed by atoms with Crippen molar-refractivity contribution in [2.24, 2.45) is 0 Å². The van der Waals surface area contributed by atoms with Crippen LogP contribution in [-0.2, 0) is 22.6 Å². The third-order valence-corrected chi connectivity index (χ3v) is 2.70. The lowest BCUT2D eigenvalue weighted by Crippen LogP contribution is -2.35. The van der Waals surface area contributed by atoms with Crippen molar-refractivity contribution in [3.8, 4) is 0 Å². The van der Waals surface area contributed by atoms with E-state index in [1.165, 1.54) is 0 Å². The van der Waals surface area contributed by atoms with E-state index in [-0.39, 0.29) is 11.6 Å². The van der Waals surface area contributed by atoms with E-state index in [0.717, 1.165) is 24.5 Å². The van der Waals surface area contributed by atoms with E-state index < -0.39 is 0 Å². The van der Waals surface area contributed by atoms with Crippen molar-refractivity contribution in [3.63, 3.8) is 0 Å². The first kappa shape index (κ1) is 16.2. The molecule has 0 amide bonds. The largest absolute Gasteiger partial charge is 0.468 e. The standard InChI is InChI=1S/C15H27NO3/c1-6-17-10-12(2)19-11-13-7-8-18-14(13)9-16-15(3,4)5/h7-8,12,16H,6,9-11H2,1-5H3. The van der Waals surface area contributed by atoms with E-state index in [0.29, 0.717) is 13.2 Å². The number of hydrogen-bond acceptors (Lipinski definition) is 4. The van der Waals surface area contributed by atoms with Gasteiger partial charge in [-0.05, 0) is 40.7 Å². The van der Waals surface area contributed by atoms with Crippen molar-refractivity contribution in [1.29, 1.82) is 0 Å². The van der Waals surface area contributed by atoms with Gasteiger partial charge in [0.25, 0.3) is 0 Å². The lowest BCUT2D eigenvalue weighted by Gasteiger charge is -2.20. The molecule has 1 heterocycles. The number of hydrogen-bond donors (Lipinski definition) is 1. The molecule has 1 rings (SSSR count). The zero-order valence-electron chi connectivity index (χ0n) is 12.8. The predicted octanol–water partition coefficient (Wildman–Crippen LogP) is 3.11. The van der Waals surface area contributed by atoms with Gasteiger partial charge in [0.15, 0.2) is 0 Å². The molecule has 1 atom stereocenters. The van der Waals surface area contributed by atoms with Gasteiger partial charge in [-0.2, -0.15) is 0 Å². The molecule has 0 aliphatic heterocycles. The average molecular weight is 269 g/mol. The highest BCUT2D eigenvalue weighted by Gasteiger charge is 2.13. The van der Waals surface area contributed by atoms with E-state index in [9.17, 15) is 0 Å². The highest BCUT2D eigenvalue weighted by molar-refractivity contribution is 5.16. The number of ether oxygens (including phenoxy) is 2. The van der Waals surface area contributed by atoms with Gasteiger partial charge in [-0.1, -0.05) is 0 Å². The van der Waals surface area contributed by atoms with Gasteiger partial charge < -0.3 is 19.2 Å². The second-order valence-corrected chi connectivity index (χ2v) is 5.75. The predicted molar refractivity (Wildman–Crippen MR) is 76.0 cm³/mol. The van der Waals surface area contributed by atoms with E-state index in [1.807, 2.05) is 19.9 Å². The van der Waals surface area contributed by atoms with Crippen molar-refractivity contribution >= 4 is 0 Å². The van der Waals surface area contributed by atoms with Gasteiger partial charge in [-0.25, -0.2) is 0 Å². The summed E-state index contributed by atoms with van der Waals surface area (Å²) < 4.78 is 16.6. The molecule has 0 aliphatic rings. The van der Waals surface area contributed by atoms with Crippen LogP contribution in [0.5, 0.6) is 0 Å². The van der Waals surface area contributed by atoms with Crippen LogP contribution in [-0.4, -0.2) is 24.9 Å². The zero-order chi connectivity index (χ0) is 14.3. The summed E-state index contributed by atoms with van der Waals surface area (Å²) in [6.45, 7) is 13.0. The van der Waals surface area contributed by atoms with Gasteiger partial charge in [0.2, 0.25) is 0 Å². The summed E-state index contributed by atoms with van der Waals surface area (Å²) in [5, 5.41) is 3.41. The van der Waals surface area contributed by atoms with Gasteiger partial charge in [0, 0.05) is 17.7 Å². The summed E-state index contributed by atoms with van der Waals surface area (Å²) in [4.78, 5) is 0. The number of rotatable bonds is 8. The number of nitrogens with one attached hydrogen (secondary N) is 1. The van der Waals surface area contributed by atoms with Crippen LogP contribution >= 0.6 is 0 Å². The van der Waals surface area contributed by atoms with Crippen LogP contribution in [0.3, 0.4) is 0 Å². The Kier molecular flexibility index (Phi) is 6.55. The van der Waals surface area contributed by atoms with Gasteiger partial charge in [0.05, 0.1) is 32.1 Å². The Morgan fingerprint density at radius 2 is 2.11 bits per heavy atom. The molecule has 19 heavy (non-hydrogen) atoms. The molecule has 4 nitrogen and oxygen atoms in total. The molecule has 110 valence electrons. The van der Waals surface area contributed by atoms with E-state index >= 15 is 0 Å². The Morgan fingerprint density at radius 3 is 2.74 bits per heavy atom. The fourth-order valence-electron chi connectivity index (χ4n) is 1.56. The van der Waals surface area contributed by atoms with Crippen LogP contribution in [0.2, 0.25) is 0 Å². The molecular weight excluding hydrogens is 242 g/mol. The normalized spacial score (nSPS) is 13.7. The second kappa shape index (κ2) is 7.68. The van der Waals surface area contributed by atoms with Crippen LogP contribution in [0.4, 0.5) is 0 Å². The molecule has 1 N–H and O–H groups in total. The topological polar surface area (TPSA) is 43.6 Å². The molecule has 1 unspecified atom stereocenters. The van der Waals surface area contributed by atoms with Crippen LogP contribution in [0.15, 0.2) is 16.7 Å². The summed E-state index contributed by atoms with van der Waals surface area (Å²) in [5.41, 5.74) is 1.17. The van der Waals surface area contributed by atoms with Gasteiger partial charge in [-0.15, -0.1) is 0 Å². The third-order valence-electron chi connectivity index (χ3n) is 2.70. The molecule has 0 saturated heterocycles. The first-order valence-corrected chi connectivity index (χ1v) is 6.92. The molecule has 1 aromatic heterocycles. The van der Waals surface area contributed by atoms with Gasteiger partial charge >= 0.3 is 0 Å². The first-order valence-electron chi connectivity index (χ1n) is 6.92. The lowest BCUT2D eigenvalue weighted by atomic mass is 10.1. The zero-order valence-corrected chi connectivity index (χ0v) is 12.8. The van der Waals surface area contributed by atoms with Crippen LogP contribution in [0.1, 0.15) is 45.9 Å². The fourth-order valence-corrected chi connectivity index (χ4v) is 1.56. The minimum Gasteiger partial charge on any atom is -0.468 e. The smallest absolute Gasteiger partial charge is 0.123 e. The Morgan fingerprint density at radius 1 is 1.37 bits per heavy atom. The van der Waals surface area contributed by atoms with E-state index in [4.69, 9.17) is 13.9 Å². The van der Waals surface area contributed by atoms with Crippen molar-refractivity contribution in [1.82, 2.24) is 5.32 Å². The maximum absolute atomic E-state index is 5.75. The summed E-state index contributed by atoms with van der Waals surface area (Å²) in [7, 11) is 0. The van der Waals surface area contributed by atoms with E-state index in [2.05, 4.69) is 26.1 Å². The summed E-state index contributed by atoms with van der Waals surface area (Å²) in [6.07, 6.45) is 1.81. The summed E-state index contributed by atoms with van der Waals surface area (Å²) in [5.74, 6) is 0.943. The van der Waals surface area contributed by atoms with Crippen LogP contribution < -0.4 is 5.32 Å². The minimum absolute atomic E-state index is 0.0766. The molecule has 0 bridgehead atoms. The SMILES string of the molecule is CCOCC(C)OCc1ccoc1CNC(C)(C)C. The minimum atomic E-state index is 0.0766. The third kappa shape index (κ3) is 6.76. The Bertz CT molecular complexity index is 355. The molecule has 0 aromatic carbocycles. The molecular formula is C15H27NO3. The van der Waals surface area contributed by atoms with Gasteiger partial charge in [-0.3, -0.25) is 0 Å². The van der Waals surface area contributed by atoms with Crippen molar-refractivity contribution < 1.29 is 13.9 Å². The summed E-state index contributed by atoms with van der Waals surface area (Å²) in [6, 6.07) is 1.97. The molecule has 0 fully saturated rings. The van der Waals surface area contributed by atoms with Crippen LogP contribution in [0.25, 0.3) is 0 Å². The molecule has 0 saturated carbocycles. The Labute approximate surface area is 116 Å². The monoisotopic (exact) mass is 269 g/mol. The van der Waals surface area contributed by atoms with Crippen molar-refractivity contribution in [3.05, 3.63) is 23.7 Å². The highest BCUT2D eigenvalue weighted by atomic mass is 16.5. The summed E-state index contributed by atoms with van der Waals surface area (Å²) >= 11 is 0. The highest BCUT2D eigenvalue weighted by Crippen LogP contribution is 2.14. The second-order valence-electron chi connectivity index (χ2n) is 5.75. The molecule has 0 spiro atoms. The van der Waals surface area contributed by atoms with Gasteiger partial charge in [0.1, 0.15) is 5.76 Å².